The third-order valence-electron chi connectivity index (χ3n) is 4.30. The van der Waals surface area contributed by atoms with Crippen molar-refractivity contribution >= 4 is 11.5 Å². The van der Waals surface area contributed by atoms with Crippen LogP contribution in [0.5, 0.6) is 0 Å². The van der Waals surface area contributed by atoms with Crippen molar-refractivity contribution < 1.29 is 4.52 Å². The van der Waals surface area contributed by atoms with Crippen LogP contribution in [0.4, 0.5) is 5.82 Å². The number of nitrogens with one attached hydrogen (secondary N) is 1. The first-order valence-electron chi connectivity index (χ1n) is 8.37. The van der Waals surface area contributed by atoms with E-state index in [9.17, 15) is 0 Å². The maximum atomic E-state index is 5.43. The highest BCUT2D eigenvalue weighted by Crippen LogP contribution is 2.23. The SMILES string of the molecule is Cc1cc(N[C@H](C)c2nc(-c3ccncc3)no2)n2nc(C)c(C)c2n1. The fraction of sp³-hybridized carbons (Fsp3) is 0.278. The lowest BCUT2D eigenvalue weighted by atomic mass is 10.2. The van der Waals surface area contributed by atoms with Crippen LogP contribution < -0.4 is 5.32 Å². The van der Waals surface area contributed by atoms with Crippen LogP contribution in [0.1, 0.15) is 35.8 Å². The molecule has 0 bridgehead atoms. The highest BCUT2D eigenvalue weighted by atomic mass is 16.5. The predicted molar refractivity (Wildman–Crippen MR) is 96.8 cm³/mol. The minimum atomic E-state index is -0.187. The summed E-state index contributed by atoms with van der Waals surface area (Å²) >= 11 is 0. The molecule has 4 heterocycles. The van der Waals surface area contributed by atoms with Crippen LogP contribution in [0, 0.1) is 20.8 Å². The smallest absolute Gasteiger partial charge is 0.249 e. The van der Waals surface area contributed by atoms with Gasteiger partial charge in [0.1, 0.15) is 11.9 Å². The number of aryl methyl sites for hydroxylation is 3. The van der Waals surface area contributed by atoms with Crippen molar-refractivity contribution in [3.05, 3.63) is 53.4 Å². The first-order valence-corrected chi connectivity index (χ1v) is 8.37. The largest absolute Gasteiger partial charge is 0.358 e. The van der Waals surface area contributed by atoms with Crippen LogP contribution in [-0.2, 0) is 0 Å². The van der Waals surface area contributed by atoms with E-state index in [0.717, 1.165) is 34.0 Å². The summed E-state index contributed by atoms with van der Waals surface area (Å²) in [5.74, 6) is 1.87. The number of rotatable bonds is 4. The number of hydrogen-bond donors (Lipinski definition) is 1. The second kappa shape index (κ2) is 6.21. The van der Waals surface area contributed by atoms with E-state index < -0.39 is 0 Å². The van der Waals surface area contributed by atoms with Gasteiger partial charge in [0.15, 0.2) is 5.65 Å². The summed E-state index contributed by atoms with van der Waals surface area (Å²) < 4.78 is 7.25. The Morgan fingerprint density at radius 2 is 1.88 bits per heavy atom. The molecule has 4 aromatic rings. The van der Waals surface area contributed by atoms with Gasteiger partial charge < -0.3 is 9.84 Å². The van der Waals surface area contributed by atoms with E-state index in [2.05, 4.69) is 30.5 Å². The Kier molecular flexibility index (Phi) is 3.87. The van der Waals surface area contributed by atoms with Crippen molar-refractivity contribution in [2.24, 2.45) is 0 Å². The number of hydrogen-bond acceptors (Lipinski definition) is 7. The predicted octanol–water partition coefficient (Wildman–Crippen LogP) is 3.27. The van der Waals surface area contributed by atoms with Gasteiger partial charge in [-0.15, -0.1) is 0 Å². The van der Waals surface area contributed by atoms with Gasteiger partial charge in [0.05, 0.1) is 5.69 Å². The van der Waals surface area contributed by atoms with Gasteiger partial charge in [-0.05, 0) is 39.8 Å². The summed E-state index contributed by atoms with van der Waals surface area (Å²) in [7, 11) is 0. The number of nitrogens with zero attached hydrogens (tertiary/aromatic N) is 6. The number of aromatic nitrogens is 6. The Labute approximate surface area is 150 Å². The van der Waals surface area contributed by atoms with Crippen LogP contribution in [0.25, 0.3) is 17.0 Å². The molecule has 0 aliphatic carbocycles. The van der Waals surface area contributed by atoms with Crippen molar-refractivity contribution in [3.8, 4) is 11.4 Å². The van der Waals surface area contributed by atoms with Crippen LogP contribution in [0.3, 0.4) is 0 Å². The average molecular weight is 349 g/mol. The Hall–Kier alpha value is -3.29. The van der Waals surface area contributed by atoms with Crippen molar-refractivity contribution in [1.29, 1.82) is 0 Å². The summed E-state index contributed by atoms with van der Waals surface area (Å²) in [6.07, 6.45) is 3.40. The van der Waals surface area contributed by atoms with E-state index in [4.69, 9.17) is 4.52 Å². The second-order valence-corrected chi connectivity index (χ2v) is 6.29. The van der Waals surface area contributed by atoms with Gasteiger partial charge in [0, 0.05) is 35.3 Å². The quantitative estimate of drug-likeness (QED) is 0.604. The molecule has 0 amide bonds. The van der Waals surface area contributed by atoms with E-state index in [1.165, 1.54) is 0 Å². The second-order valence-electron chi connectivity index (χ2n) is 6.29. The van der Waals surface area contributed by atoms with Crippen LogP contribution in [0.2, 0.25) is 0 Å². The van der Waals surface area contributed by atoms with Gasteiger partial charge in [-0.25, -0.2) is 4.98 Å². The Bertz CT molecular complexity index is 1070. The minimum Gasteiger partial charge on any atom is -0.358 e. The lowest BCUT2D eigenvalue weighted by Crippen LogP contribution is -2.11. The normalized spacial score (nSPS) is 12.5. The Morgan fingerprint density at radius 1 is 1.12 bits per heavy atom. The zero-order chi connectivity index (χ0) is 18.3. The van der Waals surface area contributed by atoms with Gasteiger partial charge in [0.25, 0.3) is 0 Å². The molecule has 0 saturated carbocycles. The lowest BCUT2D eigenvalue weighted by molar-refractivity contribution is 0.367. The summed E-state index contributed by atoms with van der Waals surface area (Å²) in [5.41, 5.74) is 4.65. The zero-order valence-corrected chi connectivity index (χ0v) is 15.1. The molecule has 8 heteroatoms. The maximum Gasteiger partial charge on any atom is 0.249 e. The average Bonchev–Trinajstić information content (AvgIpc) is 3.23. The van der Waals surface area contributed by atoms with Gasteiger partial charge in [-0.2, -0.15) is 14.6 Å². The molecule has 132 valence electrons. The molecule has 4 aromatic heterocycles. The van der Waals surface area contributed by atoms with Gasteiger partial charge >= 0.3 is 0 Å². The molecule has 0 fully saturated rings. The molecule has 0 aliphatic rings. The molecule has 0 unspecified atom stereocenters. The summed E-state index contributed by atoms with van der Waals surface area (Å²) in [5, 5.41) is 12.0. The van der Waals surface area contributed by atoms with Crippen LogP contribution in [0.15, 0.2) is 35.1 Å². The molecular formula is C18H19N7O. The Balaban J connectivity index is 1.65. The van der Waals surface area contributed by atoms with Crippen LogP contribution >= 0.6 is 0 Å². The van der Waals surface area contributed by atoms with E-state index in [0.29, 0.717) is 11.7 Å². The first kappa shape index (κ1) is 16.2. The van der Waals surface area contributed by atoms with Crippen molar-refractivity contribution in [3.63, 3.8) is 0 Å². The topological polar surface area (TPSA) is 94.0 Å². The van der Waals surface area contributed by atoms with Gasteiger partial charge in [0.2, 0.25) is 11.7 Å². The highest BCUT2D eigenvalue weighted by molar-refractivity contribution is 5.56. The minimum absolute atomic E-state index is 0.187. The molecule has 8 nitrogen and oxygen atoms in total. The van der Waals surface area contributed by atoms with Gasteiger partial charge in [-0.1, -0.05) is 5.16 Å². The first-order chi connectivity index (χ1) is 12.5. The monoisotopic (exact) mass is 349 g/mol. The third kappa shape index (κ3) is 2.79. The van der Waals surface area contributed by atoms with Crippen molar-refractivity contribution in [2.45, 2.75) is 33.7 Å². The molecule has 4 rings (SSSR count). The molecule has 0 aromatic carbocycles. The van der Waals surface area contributed by atoms with E-state index >= 15 is 0 Å². The number of fused-ring (bicyclic) bond motifs is 1. The summed E-state index contributed by atoms with van der Waals surface area (Å²) in [4.78, 5) is 13.1. The van der Waals surface area contributed by atoms with Crippen molar-refractivity contribution in [2.75, 3.05) is 5.32 Å². The Morgan fingerprint density at radius 3 is 2.65 bits per heavy atom. The fourth-order valence-electron chi connectivity index (χ4n) is 2.77. The van der Waals surface area contributed by atoms with Gasteiger partial charge in [-0.3, -0.25) is 4.98 Å². The van der Waals surface area contributed by atoms with E-state index in [1.807, 2.05) is 50.4 Å². The summed E-state index contributed by atoms with van der Waals surface area (Å²) in [6.45, 7) is 7.93. The van der Waals surface area contributed by atoms with E-state index in [-0.39, 0.29) is 6.04 Å². The number of pyridine rings is 1. The summed E-state index contributed by atoms with van der Waals surface area (Å²) in [6, 6.07) is 5.46. The molecule has 0 spiro atoms. The zero-order valence-electron chi connectivity index (χ0n) is 15.1. The maximum absolute atomic E-state index is 5.43. The van der Waals surface area contributed by atoms with Crippen molar-refractivity contribution in [1.82, 2.24) is 29.7 Å². The standard InChI is InChI=1S/C18H19N7O/c1-10-9-15(25-17(20-10)11(2)12(3)23-25)21-13(4)18-22-16(24-26-18)14-5-7-19-8-6-14/h5-9,13,21H,1-4H3/t13-/m1/s1. The molecule has 0 radical (unpaired) electrons. The molecular weight excluding hydrogens is 330 g/mol. The lowest BCUT2D eigenvalue weighted by Gasteiger charge is -2.13. The van der Waals surface area contributed by atoms with Crippen LogP contribution in [-0.4, -0.2) is 29.7 Å². The molecule has 0 saturated heterocycles. The third-order valence-corrected chi connectivity index (χ3v) is 4.30. The molecule has 1 atom stereocenters. The van der Waals surface area contributed by atoms with E-state index in [1.54, 1.807) is 12.4 Å². The number of anilines is 1. The molecule has 0 aliphatic heterocycles. The highest BCUT2D eigenvalue weighted by Gasteiger charge is 2.18. The molecule has 26 heavy (non-hydrogen) atoms. The fourth-order valence-corrected chi connectivity index (χ4v) is 2.77. The molecule has 1 N–H and O–H groups in total.